The van der Waals surface area contributed by atoms with Gasteiger partial charge >= 0.3 is 6.09 Å². The standard InChI is InChI=1S/C16H28N2O2/c1-14(2,3)20-13(19)18-10-8-16(9-11-18)7-6-15(4-5-15)12(16)17/h12H,4-11,17H2,1-3H3. The maximum absolute atomic E-state index is 12.1. The van der Waals surface area contributed by atoms with Gasteiger partial charge in [-0.3, -0.25) is 0 Å². The van der Waals surface area contributed by atoms with Crippen molar-refractivity contribution in [2.45, 2.75) is 70.9 Å². The highest BCUT2D eigenvalue weighted by Gasteiger charge is 2.61. The molecule has 0 aromatic rings. The molecule has 1 aliphatic heterocycles. The molecular formula is C16H28N2O2. The first-order chi connectivity index (χ1) is 9.27. The van der Waals surface area contributed by atoms with Gasteiger partial charge in [-0.25, -0.2) is 4.79 Å². The van der Waals surface area contributed by atoms with Crippen molar-refractivity contribution in [3.63, 3.8) is 0 Å². The number of rotatable bonds is 0. The second-order valence-electron chi connectivity index (χ2n) is 8.17. The van der Waals surface area contributed by atoms with Crippen LogP contribution in [0.3, 0.4) is 0 Å². The van der Waals surface area contributed by atoms with Gasteiger partial charge in [-0.2, -0.15) is 0 Å². The normalized spacial score (nSPS) is 30.8. The van der Waals surface area contributed by atoms with Gasteiger partial charge in [0.15, 0.2) is 0 Å². The molecule has 114 valence electrons. The van der Waals surface area contributed by atoms with Crippen LogP contribution in [0.1, 0.15) is 59.3 Å². The zero-order valence-corrected chi connectivity index (χ0v) is 13.1. The van der Waals surface area contributed by atoms with Gasteiger partial charge in [-0.15, -0.1) is 0 Å². The van der Waals surface area contributed by atoms with E-state index in [4.69, 9.17) is 10.5 Å². The number of hydrogen-bond acceptors (Lipinski definition) is 3. The van der Waals surface area contributed by atoms with E-state index in [0.717, 1.165) is 25.9 Å². The van der Waals surface area contributed by atoms with E-state index in [2.05, 4.69) is 0 Å². The van der Waals surface area contributed by atoms with Gasteiger partial charge in [-0.05, 0) is 70.1 Å². The zero-order valence-electron chi connectivity index (χ0n) is 13.1. The summed E-state index contributed by atoms with van der Waals surface area (Å²) in [6.07, 6.45) is 7.15. The minimum atomic E-state index is -0.409. The number of hydrogen-bond donors (Lipinski definition) is 1. The Labute approximate surface area is 122 Å². The summed E-state index contributed by atoms with van der Waals surface area (Å²) in [5.41, 5.74) is 6.95. The summed E-state index contributed by atoms with van der Waals surface area (Å²) in [5, 5.41) is 0. The Hall–Kier alpha value is -0.770. The quantitative estimate of drug-likeness (QED) is 0.742. The molecule has 0 aromatic carbocycles. The van der Waals surface area contributed by atoms with Crippen LogP contribution in [-0.2, 0) is 4.74 Å². The van der Waals surface area contributed by atoms with Gasteiger partial charge in [-0.1, -0.05) is 0 Å². The molecule has 3 fully saturated rings. The van der Waals surface area contributed by atoms with Crippen molar-refractivity contribution in [2.75, 3.05) is 13.1 Å². The fraction of sp³-hybridized carbons (Fsp3) is 0.938. The third kappa shape index (κ3) is 2.32. The molecule has 0 radical (unpaired) electrons. The van der Waals surface area contributed by atoms with E-state index in [1.165, 1.54) is 25.7 Å². The third-order valence-corrected chi connectivity index (χ3v) is 5.74. The van der Waals surface area contributed by atoms with Gasteiger partial charge in [0.25, 0.3) is 0 Å². The summed E-state index contributed by atoms with van der Waals surface area (Å²) in [4.78, 5) is 14.0. The van der Waals surface area contributed by atoms with Crippen LogP contribution in [0, 0.1) is 10.8 Å². The predicted octanol–water partition coefficient (Wildman–Crippen LogP) is 2.91. The average molecular weight is 280 g/mol. The van der Waals surface area contributed by atoms with Crippen LogP contribution in [0.5, 0.6) is 0 Å². The van der Waals surface area contributed by atoms with Gasteiger partial charge in [0.2, 0.25) is 0 Å². The lowest BCUT2D eigenvalue weighted by Gasteiger charge is -2.43. The Bertz CT molecular complexity index is 401. The Balaban J connectivity index is 1.59. The van der Waals surface area contributed by atoms with Crippen molar-refractivity contribution in [1.29, 1.82) is 0 Å². The van der Waals surface area contributed by atoms with Crippen LogP contribution >= 0.6 is 0 Å². The molecule has 4 heteroatoms. The summed E-state index contributed by atoms with van der Waals surface area (Å²) in [7, 11) is 0. The number of carbonyl (C=O) groups is 1. The molecule has 2 saturated carbocycles. The van der Waals surface area contributed by atoms with Gasteiger partial charge in [0.05, 0.1) is 0 Å². The van der Waals surface area contributed by atoms with Crippen LogP contribution < -0.4 is 5.73 Å². The van der Waals surface area contributed by atoms with Gasteiger partial charge in [0, 0.05) is 19.1 Å². The Morgan fingerprint density at radius 2 is 1.50 bits per heavy atom. The maximum Gasteiger partial charge on any atom is 0.410 e. The van der Waals surface area contributed by atoms with Crippen molar-refractivity contribution in [2.24, 2.45) is 16.6 Å². The monoisotopic (exact) mass is 280 g/mol. The van der Waals surface area contributed by atoms with Crippen LogP contribution in [0.2, 0.25) is 0 Å². The Kier molecular flexibility index (Phi) is 3.09. The molecule has 0 aromatic heterocycles. The molecule has 1 atom stereocenters. The summed E-state index contributed by atoms with van der Waals surface area (Å²) in [6.45, 7) is 7.36. The Morgan fingerprint density at radius 3 is 1.95 bits per heavy atom. The second-order valence-corrected chi connectivity index (χ2v) is 8.17. The van der Waals surface area contributed by atoms with E-state index in [9.17, 15) is 4.79 Å². The van der Waals surface area contributed by atoms with Crippen molar-refractivity contribution < 1.29 is 9.53 Å². The molecular weight excluding hydrogens is 252 g/mol. The molecule has 2 spiro atoms. The van der Waals surface area contributed by atoms with Crippen LogP contribution in [-0.4, -0.2) is 35.7 Å². The van der Waals surface area contributed by atoms with Gasteiger partial charge in [0.1, 0.15) is 5.60 Å². The highest BCUT2D eigenvalue weighted by molar-refractivity contribution is 5.68. The molecule has 1 amide bonds. The van der Waals surface area contributed by atoms with E-state index in [1.54, 1.807) is 0 Å². The van der Waals surface area contributed by atoms with Gasteiger partial charge < -0.3 is 15.4 Å². The molecule has 1 unspecified atom stereocenters. The van der Waals surface area contributed by atoms with E-state index in [1.807, 2.05) is 25.7 Å². The fourth-order valence-corrected chi connectivity index (χ4v) is 4.20. The highest BCUT2D eigenvalue weighted by Crippen LogP contribution is 2.65. The molecule has 2 aliphatic carbocycles. The fourth-order valence-electron chi connectivity index (χ4n) is 4.20. The molecule has 20 heavy (non-hydrogen) atoms. The number of nitrogens with zero attached hydrogens (tertiary/aromatic N) is 1. The van der Waals surface area contributed by atoms with Crippen LogP contribution in [0.4, 0.5) is 4.79 Å². The average Bonchev–Trinajstić information content (AvgIpc) is 3.10. The first-order valence-corrected chi connectivity index (χ1v) is 8.00. The van der Waals surface area contributed by atoms with E-state index in [0.29, 0.717) is 16.9 Å². The summed E-state index contributed by atoms with van der Waals surface area (Å²) in [5.74, 6) is 0. The molecule has 1 saturated heterocycles. The van der Waals surface area contributed by atoms with Crippen molar-refractivity contribution in [3.8, 4) is 0 Å². The molecule has 3 aliphatic rings. The highest BCUT2D eigenvalue weighted by atomic mass is 16.6. The summed E-state index contributed by atoms with van der Waals surface area (Å²) in [6, 6.07) is 0.357. The summed E-state index contributed by atoms with van der Waals surface area (Å²) >= 11 is 0. The zero-order chi connectivity index (χ0) is 14.6. The number of amides is 1. The van der Waals surface area contributed by atoms with Crippen molar-refractivity contribution >= 4 is 6.09 Å². The topological polar surface area (TPSA) is 55.6 Å². The minimum Gasteiger partial charge on any atom is -0.444 e. The SMILES string of the molecule is CC(C)(C)OC(=O)N1CCC2(CC1)CCC1(CC1)C2N. The van der Waals surface area contributed by atoms with Crippen LogP contribution in [0.25, 0.3) is 0 Å². The Morgan fingerprint density at radius 1 is 1.05 bits per heavy atom. The molecule has 4 nitrogen and oxygen atoms in total. The minimum absolute atomic E-state index is 0.167. The lowest BCUT2D eigenvalue weighted by atomic mass is 9.73. The maximum atomic E-state index is 12.1. The predicted molar refractivity (Wildman–Crippen MR) is 78.4 cm³/mol. The number of carbonyl (C=O) groups excluding carboxylic acids is 1. The molecule has 3 rings (SSSR count). The first-order valence-electron chi connectivity index (χ1n) is 8.00. The number of ether oxygens (including phenoxy) is 1. The van der Waals surface area contributed by atoms with Crippen LogP contribution in [0.15, 0.2) is 0 Å². The largest absolute Gasteiger partial charge is 0.444 e. The smallest absolute Gasteiger partial charge is 0.410 e. The summed E-state index contributed by atoms with van der Waals surface area (Å²) < 4.78 is 5.46. The lowest BCUT2D eigenvalue weighted by Crippen LogP contribution is -2.51. The van der Waals surface area contributed by atoms with E-state index in [-0.39, 0.29) is 6.09 Å². The lowest BCUT2D eigenvalue weighted by molar-refractivity contribution is 0.00781. The molecule has 0 bridgehead atoms. The van der Waals surface area contributed by atoms with Crippen molar-refractivity contribution in [1.82, 2.24) is 4.90 Å². The number of piperidine rings is 1. The second kappa shape index (κ2) is 4.36. The molecule has 1 heterocycles. The number of nitrogens with two attached hydrogens (primary N) is 1. The first kappa shape index (κ1) is 14.2. The van der Waals surface area contributed by atoms with E-state index >= 15 is 0 Å². The van der Waals surface area contributed by atoms with E-state index < -0.39 is 5.60 Å². The number of likely N-dealkylation sites (tertiary alicyclic amines) is 1. The third-order valence-electron chi connectivity index (χ3n) is 5.74. The molecule has 2 N–H and O–H groups in total. The van der Waals surface area contributed by atoms with Crippen molar-refractivity contribution in [3.05, 3.63) is 0 Å².